The van der Waals surface area contributed by atoms with Crippen molar-refractivity contribution in [3.63, 3.8) is 0 Å². The van der Waals surface area contributed by atoms with E-state index in [4.69, 9.17) is 4.74 Å². The van der Waals surface area contributed by atoms with Crippen LogP contribution in [0, 0.1) is 0 Å². The van der Waals surface area contributed by atoms with Gasteiger partial charge in [-0.1, -0.05) is 0 Å². The molecule has 1 aliphatic rings. The first kappa shape index (κ1) is 12.9. The van der Waals surface area contributed by atoms with Crippen LogP contribution in [-0.4, -0.2) is 40.0 Å². The van der Waals surface area contributed by atoms with Crippen LogP contribution in [0.3, 0.4) is 0 Å². The number of carbonyl (C=O) groups is 2. The molecule has 0 bridgehead atoms. The number of imidazole rings is 1. The number of hydrogen-bond donors (Lipinski definition) is 0. The van der Waals surface area contributed by atoms with E-state index in [1.165, 1.54) is 11.3 Å². The fourth-order valence-electron chi connectivity index (χ4n) is 2.22. The molecule has 2 aromatic heterocycles. The molecule has 0 aromatic carbocycles. The van der Waals surface area contributed by atoms with Crippen LogP contribution in [0.1, 0.15) is 32.8 Å². The Balaban J connectivity index is 2.15. The number of amides is 1. The van der Waals surface area contributed by atoms with Gasteiger partial charge < -0.3 is 9.64 Å². The molecule has 0 radical (unpaired) electrons. The molecule has 1 aliphatic heterocycles. The molecule has 3 heterocycles. The van der Waals surface area contributed by atoms with Gasteiger partial charge in [-0.2, -0.15) is 0 Å². The van der Waals surface area contributed by atoms with Crippen molar-refractivity contribution in [2.24, 2.45) is 0 Å². The van der Waals surface area contributed by atoms with Crippen molar-refractivity contribution in [2.45, 2.75) is 13.5 Å². The maximum absolute atomic E-state index is 12.3. The summed E-state index contributed by atoms with van der Waals surface area (Å²) in [5, 5.41) is 1.86. The third-order valence-corrected chi connectivity index (χ3v) is 4.06. The normalized spacial score (nSPS) is 13.7. The van der Waals surface area contributed by atoms with E-state index in [2.05, 4.69) is 4.98 Å². The SMILES string of the molecule is CCOC(=O)c1ncn2c1CN(C)C(=O)c1sccc1-2. The Hall–Kier alpha value is -2.15. The number of nitrogens with zero attached hydrogens (tertiary/aromatic N) is 3. The number of rotatable bonds is 2. The van der Waals surface area contributed by atoms with Crippen LogP contribution < -0.4 is 0 Å². The largest absolute Gasteiger partial charge is 0.461 e. The third kappa shape index (κ3) is 1.82. The Morgan fingerprint density at radius 1 is 1.55 bits per heavy atom. The monoisotopic (exact) mass is 291 g/mol. The average molecular weight is 291 g/mol. The molecule has 6 nitrogen and oxygen atoms in total. The van der Waals surface area contributed by atoms with Gasteiger partial charge in [0.05, 0.1) is 24.5 Å². The molecule has 0 spiro atoms. The molecule has 0 saturated carbocycles. The Morgan fingerprint density at radius 2 is 2.35 bits per heavy atom. The minimum Gasteiger partial charge on any atom is -0.461 e. The summed E-state index contributed by atoms with van der Waals surface area (Å²) in [4.78, 5) is 30.6. The van der Waals surface area contributed by atoms with Crippen molar-refractivity contribution in [2.75, 3.05) is 13.7 Å². The Morgan fingerprint density at radius 3 is 3.10 bits per heavy atom. The standard InChI is InChI=1S/C13H13N3O3S/c1-3-19-13(18)10-9-6-15(2)12(17)11-8(4-5-20-11)16(9)7-14-10/h4-5,7H,3,6H2,1-2H3. The van der Waals surface area contributed by atoms with Gasteiger partial charge in [-0.05, 0) is 18.4 Å². The van der Waals surface area contributed by atoms with Crippen LogP contribution >= 0.6 is 11.3 Å². The van der Waals surface area contributed by atoms with E-state index >= 15 is 0 Å². The number of fused-ring (bicyclic) bond motifs is 3. The van der Waals surface area contributed by atoms with Gasteiger partial charge in [0.25, 0.3) is 5.91 Å². The van der Waals surface area contributed by atoms with Crippen LogP contribution in [0.15, 0.2) is 17.8 Å². The summed E-state index contributed by atoms with van der Waals surface area (Å²) >= 11 is 1.39. The fraction of sp³-hybridized carbons (Fsp3) is 0.308. The summed E-state index contributed by atoms with van der Waals surface area (Å²) in [5.74, 6) is -0.505. The Labute approximate surface area is 119 Å². The molecule has 1 amide bonds. The molecule has 0 unspecified atom stereocenters. The first-order chi connectivity index (χ1) is 9.63. The highest BCUT2D eigenvalue weighted by atomic mass is 32.1. The second-order valence-electron chi connectivity index (χ2n) is 4.43. The zero-order valence-electron chi connectivity index (χ0n) is 11.1. The fourth-order valence-corrected chi connectivity index (χ4v) is 3.10. The van der Waals surface area contributed by atoms with Crippen molar-refractivity contribution in [3.8, 4) is 5.69 Å². The highest BCUT2D eigenvalue weighted by Gasteiger charge is 2.29. The zero-order valence-corrected chi connectivity index (χ0v) is 11.9. The second-order valence-corrected chi connectivity index (χ2v) is 5.34. The molecular weight excluding hydrogens is 278 g/mol. The molecule has 2 aromatic rings. The third-order valence-electron chi connectivity index (χ3n) is 3.17. The van der Waals surface area contributed by atoms with Crippen molar-refractivity contribution >= 4 is 23.2 Å². The predicted molar refractivity (Wildman–Crippen MR) is 73.2 cm³/mol. The lowest BCUT2D eigenvalue weighted by molar-refractivity contribution is 0.0516. The van der Waals surface area contributed by atoms with Gasteiger partial charge in [0.1, 0.15) is 11.2 Å². The summed E-state index contributed by atoms with van der Waals surface area (Å²) in [6, 6.07) is 1.86. The van der Waals surface area contributed by atoms with E-state index in [0.29, 0.717) is 23.7 Å². The molecular formula is C13H13N3O3S. The quantitative estimate of drug-likeness (QED) is 0.790. The van der Waals surface area contributed by atoms with E-state index in [-0.39, 0.29) is 11.6 Å². The minimum atomic E-state index is -0.458. The maximum atomic E-state index is 12.3. The number of hydrogen-bond acceptors (Lipinski definition) is 5. The molecule has 20 heavy (non-hydrogen) atoms. The molecule has 3 rings (SSSR count). The summed E-state index contributed by atoms with van der Waals surface area (Å²) in [5.41, 5.74) is 1.71. The highest BCUT2D eigenvalue weighted by Crippen LogP contribution is 2.29. The predicted octanol–water partition coefficient (Wildman–Crippen LogP) is 1.70. The Bertz CT molecular complexity index is 689. The number of esters is 1. The van der Waals surface area contributed by atoms with Gasteiger partial charge in [0.15, 0.2) is 5.69 Å². The summed E-state index contributed by atoms with van der Waals surface area (Å²) in [6.45, 7) is 2.37. The van der Waals surface area contributed by atoms with Gasteiger partial charge in [0.2, 0.25) is 0 Å². The number of ether oxygens (including phenoxy) is 1. The highest BCUT2D eigenvalue weighted by molar-refractivity contribution is 7.12. The summed E-state index contributed by atoms with van der Waals surface area (Å²) < 4.78 is 6.80. The van der Waals surface area contributed by atoms with Crippen molar-refractivity contribution in [1.82, 2.24) is 14.5 Å². The number of thiophene rings is 1. The number of aromatic nitrogens is 2. The van der Waals surface area contributed by atoms with Gasteiger partial charge in [-0.15, -0.1) is 11.3 Å². The van der Waals surface area contributed by atoms with E-state index in [1.54, 1.807) is 29.8 Å². The second kappa shape index (κ2) is 4.75. The number of carbonyl (C=O) groups excluding carboxylic acids is 2. The topological polar surface area (TPSA) is 64.4 Å². The molecule has 0 N–H and O–H groups in total. The molecule has 104 valence electrons. The van der Waals surface area contributed by atoms with Crippen LogP contribution in [0.4, 0.5) is 0 Å². The maximum Gasteiger partial charge on any atom is 0.358 e. The minimum absolute atomic E-state index is 0.0477. The van der Waals surface area contributed by atoms with Crippen LogP contribution in [0.2, 0.25) is 0 Å². The van der Waals surface area contributed by atoms with Crippen LogP contribution in [0.5, 0.6) is 0 Å². The van der Waals surface area contributed by atoms with E-state index in [0.717, 1.165) is 5.69 Å². The average Bonchev–Trinajstić information content (AvgIpc) is 3.02. The lowest BCUT2D eigenvalue weighted by Gasteiger charge is -2.13. The molecule has 0 fully saturated rings. The smallest absolute Gasteiger partial charge is 0.358 e. The molecule has 0 atom stereocenters. The van der Waals surface area contributed by atoms with E-state index in [9.17, 15) is 9.59 Å². The first-order valence-corrected chi connectivity index (χ1v) is 7.08. The van der Waals surface area contributed by atoms with Crippen LogP contribution in [0.25, 0.3) is 5.69 Å². The molecule has 0 aliphatic carbocycles. The van der Waals surface area contributed by atoms with Crippen molar-refractivity contribution in [1.29, 1.82) is 0 Å². The molecule has 0 saturated heterocycles. The lowest BCUT2D eigenvalue weighted by Crippen LogP contribution is -2.25. The zero-order chi connectivity index (χ0) is 14.3. The Kier molecular flexibility index (Phi) is 3.06. The summed E-state index contributed by atoms with van der Waals surface area (Å²) in [6.07, 6.45) is 1.57. The van der Waals surface area contributed by atoms with E-state index in [1.807, 2.05) is 11.4 Å². The van der Waals surface area contributed by atoms with Gasteiger partial charge in [0, 0.05) is 7.05 Å². The molecule has 7 heteroatoms. The van der Waals surface area contributed by atoms with Gasteiger partial charge in [-0.25, -0.2) is 9.78 Å². The summed E-state index contributed by atoms with van der Waals surface area (Å²) in [7, 11) is 1.71. The van der Waals surface area contributed by atoms with Crippen molar-refractivity contribution < 1.29 is 14.3 Å². The lowest BCUT2D eigenvalue weighted by atomic mass is 10.3. The first-order valence-electron chi connectivity index (χ1n) is 6.20. The van der Waals surface area contributed by atoms with Crippen molar-refractivity contribution in [3.05, 3.63) is 34.0 Å². The van der Waals surface area contributed by atoms with Gasteiger partial charge >= 0.3 is 5.97 Å². The van der Waals surface area contributed by atoms with Gasteiger partial charge in [-0.3, -0.25) is 9.36 Å². The van der Waals surface area contributed by atoms with Crippen LogP contribution in [-0.2, 0) is 11.3 Å². The van der Waals surface area contributed by atoms with E-state index < -0.39 is 5.97 Å².